The molecule has 0 heterocycles. The topological polar surface area (TPSA) is 78.9 Å². The van der Waals surface area contributed by atoms with E-state index >= 15 is 0 Å². The molecule has 0 saturated carbocycles. The molecule has 6 nitrogen and oxygen atoms in total. The van der Waals surface area contributed by atoms with Crippen LogP contribution in [0.1, 0.15) is 12.5 Å². The van der Waals surface area contributed by atoms with Gasteiger partial charge in [-0.2, -0.15) is 0 Å². The lowest BCUT2D eigenvalue weighted by Gasteiger charge is -2.26. The molecule has 23 heavy (non-hydrogen) atoms. The van der Waals surface area contributed by atoms with Crippen LogP contribution in [-0.2, 0) is 6.42 Å². The molecule has 0 aliphatic heterocycles. The molecule has 2 N–H and O–H groups in total. The molecule has 0 radical (unpaired) electrons. The van der Waals surface area contributed by atoms with Gasteiger partial charge in [0.05, 0.1) is 6.61 Å². The van der Waals surface area contributed by atoms with E-state index in [0.717, 1.165) is 12.0 Å². The first-order valence-corrected chi connectivity index (χ1v) is 7.58. The number of phenols is 1. The summed E-state index contributed by atoms with van der Waals surface area (Å²) in [5.41, 5.74) is 0.276. The van der Waals surface area contributed by atoms with Gasteiger partial charge in [0.2, 0.25) is 0 Å². The van der Waals surface area contributed by atoms with E-state index in [0.29, 0.717) is 13.2 Å². The van der Waals surface area contributed by atoms with Crippen molar-refractivity contribution < 1.29 is 9.84 Å². The van der Waals surface area contributed by atoms with E-state index in [4.69, 9.17) is 4.74 Å². The molecule has 124 valence electrons. The number of nitrogens with zero attached hydrogens (tertiary/aromatic N) is 1. The maximum Gasteiger partial charge on any atom is 0.272 e. The average Bonchev–Trinajstić information content (AvgIpc) is 2.54. The molecule has 0 fully saturated rings. The summed E-state index contributed by atoms with van der Waals surface area (Å²) < 4.78 is 5.20. The smallest absolute Gasteiger partial charge is 0.272 e. The first-order chi connectivity index (χ1) is 10.9. The molecule has 6 heteroatoms. The first kappa shape index (κ1) is 17.0. The SMILES string of the molecule is CCOc1c(NC[C@H](Cc2ccc(O)cc2)N(C)C)c(=O)c1=O. The van der Waals surface area contributed by atoms with Gasteiger partial charge in [0, 0.05) is 12.6 Å². The maximum atomic E-state index is 11.6. The van der Waals surface area contributed by atoms with Crippen LogP contribution in [-0.4, -0.2) is 43.3 Å². The highest BCUT2D eigenvalue weighted by molar-refractivity contribution is 5.61. The van der Waals surface area contributed by atoms with Gasteiger partial charge in [-0.3, -0.25) is 9.59 Å². The minimum Gasteiger partial charge on any atom is -0.508 e. The van der Waals surface area contributed by atoms with E-state index in [-0.39, 0.29) is 23.2 Å². The Morgan fingerprint density at radius 3 is 2.39 bits per heavy atom. The summed E-state index contributed by atoms with van der Waals surface area (Å²) in [4.78, 5) is 25.1. The molecule has 0 aliphatic carbocycles. The van der Waals surface area contributed by atoms with Crippen LogP contribution >= 0.6 is 0 Å². The molecule has 0 spiro atoms. The predicted octanol–water partition coefficient (Wildman–Crippen LogP) is 0.972. The van der Waals surface area contributed by atoms with Crippen molar-refractivity contribution >= 4 is 5.69 Å². The third-order valence-corrected chi connectivity index (χ3v) is 3.81. The minimum atomic E-state index is -0.561. The number of benzene rings is 1. The first-order valence-electron chi connectivity index (χ1n) is 7.58. The molecule has 0 aromatic heterocycles. The monoisotopic (exact) mass is 318 g/mol. The minimum absolute atomic E-state index is 0.124. The zero-order valence-electron chi connectivity index (χ0n) is 13.6. The van der Waals surface area contributed by atoms with E-state index in [1.807, 2.05) is 31.1 Å². The normalized spacial score (nSPS) is 12.5. The third kappa shape index (κ3) is 3.90. The highest BCUT2D eigenvalue weighted by Crippen LogP contribution is 2.18. The summed E-state index contributed by atoms with van der Waals surface area (Å²) in [5.74, 6) is 0.373. The van der Waals surface area contributed by atoms with E-state index < -0.39 is 10.9 Å². The Hall–Kier alpha value is -2.34. The number of nitrogens with one attached hydrogen (secondary N) is 1. The Morgan fingerprint density at radius 2 is 1.83 bits per heavy atom. The fourth-order valence-electron chi connectivity index (χ4n) is 2.37. The average molecular weight is 318 g/mol. The second-order valence-electron chi connectivity index (χ2n) is 5.66. The standard InChI is InChI=1S/C17H22N2O4/c1-4-23-17-14(15(21)16(17)22)18-10-12(19(2)3)9-11-5-7-13(20)8-6-11/h5-8,12,18,20H,4,9-10H2,1-3H3/t12-/m0/s1. The van der Waals surface area contributed by atoms with Gasteiger partial charge in [0.15, 0.2) is 5.75 Å². The second kappa shape index (κ2) is 7.28. The van der Waals surface area contributed by atoms with Crippen molar-refractivity contribution in [3.05, 3.63) is 50.3 Å². The molecule has 0 amide bonds. The van der Waals surface area contributed by atoms with Crippen molar-refractivity contribution in [3.8, 4) is 11.5 Å². The zero-order valence-corrected chi connectivity index (χ0v) is 13.6. The Labute approximate surface area is 135 Å². The van der Waals surface area contributed by atoms with E-state index in [9.17, 15) is 14.7 Å². The zero-order chi connectivity index (χ0) is 17.0. The number of rotatable bonds is 8. The van der Waals surface area contributed by atoms with Crippen LogP contribution < -0.4 is 20.9 Å². The molecule has 2 aromatic rings. The van der Waals surface area contributed by atoms with Crippen molar-refractivity contribution in [2.45, 2.75) is 19.4 Å². The maximum absolute atomic E-state index is 11.6. The van der Waals surface area contributed by atoms with Gasteiger partial charge in [0.25, 0.3) is 10.9 Å². The number of anilines is 1. The Kier molecular flexibility index (Phi) is 5.39. The fourth-order valence-corrected chi connectivity index (χ4v) is 2.37. The molecular weight excluding hydrogens is 296 g/mol. The van der Waals surface area contributed by atoms with Crippen LogP contribution in [0, 0.1) is 0 Å². The summed E-state index contributed by atoms with van der Waals surface area (Å²) >= 11 is 0. The predicted molar refractivity (Wildman–Crippen MR) is 90.3 cm³/mol. The van der Waals surface area contributed by atoms with Crippen molar-refractivity contribution in [2.75, 3.05) is 32.6 Å². The fraction of sp³-hybridized carbons (Fsp3) is 0.412. The van der Waals surface area contributed by atoms with E-state index in [1.54, 1.807) is 19.1 Å². The molecule has 2 aromatic carbocycles. The molecule has 0 aliphatic rings. The third-order valence-electron chi connectivity index (χ3n) is 3.81. The van der Waals surface area contributed by atoms with Gasteiger partial charge in [-0.1, -0.05) is 12.1 Å². The van der Waals surface area contributed by atoms with Crippen molar-refractivity contribution in [2.24, 2.45) is 0 Å². The quantitative estimate of drug-likeness (QED) is 0.706. The van der Waals surface area contributed by atoms with Crippen LogP contribution in [0.4, 0.5) is 5.69 Å². The summed E-state index contributed by atoms with van der Waals surface area (Å²) in [5, 5.41) is 12.4. The summed E-state index contributed by atoms with van der Waals surface area (Å²) in [7, 11) is 3.91. The number of likely N-dealkylation sites (N-methyl/N-ethyl adjacent to an activating group) is 1. The molecular formula is C17H22N2O4. The number of ether oxygens (including phenoxy) is 1. The van der Waals surface area contributed by atoms with Crippen LogP contribution in [0.2, 0.25) is 0 Å². The van der Waals surface area contributed by atoms with Gasteiger partial charge in [-0.05, 0) is 45.1 Å². The highest BCUT2D eigenvalue weighted by atomic mass is 16.5. The number of aromatic hydroxyl groups is 1. The summed E-state index contributed by atoms with van der Waals surface area (Å²) in [6.45, 7) is 2.64. The lowest BCUT2D eigenvalue weighted by molar-refractivity contribution is 0.302. The lowest BCUT2D eigenvalue weighted by atomic mass is 10.0. The lowest BCUT2D eigenvalue weighted by Crippen LogP contribution is -2.41. The van der Waals surface area contributed by atoms with Gasteiger partial charge >= 0.3 is 0 Å². The Morgan fingerprint density at radius 1 is 1.17 bits per heavy atom. The van der Waals surface area contributed by atoms with Gasteiger partial charge in [0.1, 0.15) is 11.4 Å². The van der Waals surface area contributed by atoms with Crippen LogP contribution in [0.25, 0.3) is 0 Å². The van der Waals surface area contributed by atoms with E-state index in [1.165, 1.54) is 0 Å². The van der Waals surface area contributed by atoms with Crippen LogP contribution in [0.15, 0.2) is 33.9 Å². The number of hydrogen-bond donors (Lipinski definition) is 2. The summed E-state index contributed by atoms with van der Waals surface area (Å²) in [6, 6.07) is 7.17. The second-order valence-corrected chi connectivity index (χ2v) is 5.66. The molecule has 0 bridgehead atoms. The molecule has 0 unspecified atom stereocenters. The van der Waals surface area contributed by atoms with Crippen LogP contribution in [0.3, 0.4) is 0 Å². The molecule has 2 rings (SSSR count). The van der Waals surface area contributed by atoms with E-state index in [2.05, 4.69) is 5.32 Å². The van der Waals surface area contributed by atoms with Gasteiger partial charge in [-0.15, -0.1) is 0 Å². The van der Waals surface area contributed by atoms with Gasteiger partial charge < -0.3 is 20.1 Å². The van der Waals surface area contributed by atoms with Gasteiger partial charge in [-0.25, -0.2) is 0 Å². The Balaban J connectivity index is 2.03. The van der Waals surface area contributed by atoms with Crippen molar-refractivity contribution in [1.29, 1.82) is 0 Å². The molecule has 0 saturated heterocycles. The van der Waals surface area contributed by atoms with Crippen LogP contribution in [0.5, 0.6) is 11.5 Å². The van der Waals surface area contributed by atoms with Crippen molar-refractivity contribution in [1.82, 2.24) is 4.90 Å². The summed E-state index contributed by atoms with van der Waals surface area (Å²) in [6.07, 6.45) is 0.750. The molecule has 1 atom stereocenters. The van der Waals surface area contributed by atoms with Crippen molar-refractivity contribution in [3.63, 3.8) is 0 Å². The number of phenolic OH excluding ortho intramolecular Hbond substituents is 1. The number of hydrogen-bond acceptors (Lipinski definition) is 6. The Bertz CT molecular complexity index is 715. The largest absolute Gasteiger partial charge is 0.508 e. The highest BCUT2D eigenvalue weighted by Gasteiger charge is 2.23.